The third-order valence-corrected chi connectivity index (χ3v) is 10.8. The summed E-state index contributed by atoms with van der Waals surface area (Å²) >= 11 is 0. The van der Waals surface area contributed by atoms with Crippen molar-refractivity contribution in [3.05, 3.63) is 75.8 Å². The molecule has 12 heteroatoms. The van der Waals surface area contributed by atoms with Gasteiger partial charge in [0.1, 0.15) is 5.75 Å². The molecule has 0 bridgehead atoms. The Hall–Kier alpha value is -4.22. The molecule has 0 aromatic heterocycles. The molecule has 2 heterocycles. The normalized spacial score (nSPS) is 17.3. The average molecular weight is 756 g/mol. The number of fused-ring (bicyclic) bond motifs is 3. The van der Waals surface area contributed by atoms with Crippen molar-refractivity contribution < 1.29 is 38.3 Å². The number of methoxy groups -OCH3 is 6. The highest BCUT2D eigenvalue weighted by atomic mass is 35.5. The van der Waals surface area contributed by atoms with Gasteiger partial charge in [-0.1, -0.05) is 0 Å². The first kappa shape index (κ1) is 39.0. The van der Waals surface area contributed by atoms with Crippen molar-refractivity contribution in [3.8, 4) is 62.9 Å². The van der Waals surface area contributed by atoms with Crippen LogP contribution in [-0.2, 0) is 25.7 Å². The highest BCUT2D eigenvalue weighted by Gasteiger charge is 2.37. The fourth-order valence-corrected chi connectivity index (χ4v) is 8.02. The van der Waals surface area contributed by atoms with Gasteiger partial charge in [-0.2, -0.15) is 0 Å². The van der Waals surface area contributed by atoms with E-state index in [9.17, 15) is 5.11 Å². The van der Waals surface area contributed by atoms with Gasteiger partial charge < -0.3 is 38.3 Å². The number of phenols is 1. The van der Waals surface area contributed by atoms with Crippen molar-refractivity contribution in [2.24, 2.45) is 0 Å². The average Bonchev–Trinajstić information content (AvgIpc) is 3.14. The summed E-state index contributed by atoms with van der Waals surface area (Å²) in [6, 6.07) is 14.3. The fraction of sp³-hybridized carbons (Fsp3) is 0.400. The van der Waals surface area contributed by atoms with Crippen molar-refractivity contribution in [3.63, 3.8) is 0 Å². The van der Waals surface area contributed by atoms with Crippen molar-refractivity contribution in [2.75, 3.05) is 69.8 Å². The number of halogens is 2. The molecule has 1 N–H and O–H groups in total. The number of nitrogens with zero attached hydrogens (tertiary/aromatic N) is 2. The van der Waals surface area contributed by atoms with E-state index in [0.717, 1.165) is 65.9 Å². The number of rotatable bonds is 10. The molecule has 0 amide bonds. The van der Waals surface area contributed by atoms with E-state index in [-0.39, 0.29) is 42.6 Å². The quantitative estimate of drug-likeness (QED) is 0.175. The van der Waals surface area contributed by atoms with Crippen LogP contribution in [0.2, 0.25) is 0 Å². The number of aromatic hydroxyl groups is 1. The molecule has 0 radical (unpaired) electrons. The molecule has 0 fully saturated rings. The van der Waals surface area contributed by atoms with E-state index in [1.165, 1.54) is 16.7 Å². The maximum absolute atomic E-state index is 11.5. The van der Waals surface area contributed by atoms with Crippen LogP contribution < -0.4 is 33.2 Å². The molecule has 0 saturated carbocycles. The summed E-state index contributed by atoms with van der Waals surface area (Å²) in [5.41, 5.74) is 8.54. The molecule has 52 heavy (non-hydrogen) atoms. The van der Waals surface area contributed by atoms with Crippen LogP contribution in [0.4, 0.5) is 0 Å². The van der Waals surface area contributed by atoms with Crippen LogP contribution in [0.5, 0.6) is 51.7 Å². The number of ether oxygens (including phenoxy) is 7. The van der Waals surface area contributed by atoms with E-state index in [4.69, 9.17) is 33.2 Å². The van der Waals surface area contributed by atoms with Crippen LogP contribution >= 0.6 is 24.8 Å². The van der Waals surface area contributed by atoms with Gasteiger partial charge in [0.2, 0.25) is 0 Å². The van der Waals surface area contributed by atoms with Crippen molar-refractivity contribution in [1.82, 2.24) is 9.80 Å². The Morgan fingerprint density at radius 1 is 0.596 bits per heavy atom. The lowest BCUT2D eigenvalue weighted by Crippen LogP contribution is -2.35. The summed E-state index contributed by atoms with van der Waals surface area (Å²) in [6.07, 6.45) is 3.21. The standard InChI is InChI=1S/C40H46N2O8.2ClH/c1-41-11-9-22-15-31(44-3)33(46-5)19-26(22)28(41)14-25-18-32(45-4)35(48-7)21-30(25)50-36-17-24-13-29-38-23(10-12-42(29)2)16-37(49-8)40(43)39(38)27(24)20-34(36)47-6;;/h15-21,28-29,43H,9-14H2,1-8H3;2*1H. The molecule has 4 aromatic carbocycles. The number of phenolic OH excluding ortho intramolecular Hbond substituents is 1. The number of likely N-dealkylation sites (N-methyl/N-ethyl adjacent to an activating group) is 2. The zero-order chi connectivity index (χ0) is 35.3. The highest BCUT2D eigenvalue weighted by Crippen LogP contribution is 2.54. The zero-order valence-electron chi connectivity index (χ0n) is 31.0. The first-order chi connectivity index (χ1) is 24.2. The number of hydrogen-bond donors (Lipinski definition) is 1. The van der Waals surface area contributed by atoms with Crippen LogP contribution in [0.25, 0.3) is 11.1 Å². The molecule has 2 atom stereocenters. The Morgan fingerprint density at radius 2 is 1.13 bits per heavy atom. The molecule has 1 aliphatic carbocycles. The van der Waals surface area contributed by atoms with Crippen molar-refractivity contribution >= 4 is 24.8 Å². The Morgan fingerprint density at radius 3 is 1.81 bits per heavy atom. The lowest BCUT2D eigenvalue weighted by atomic mass is 9.76. The fourth-order valence-electron chi connectivity index (χ4n) is 8.02. The number of benzene rings is 4. The van der Waals surface area contributed by atoms with Gasteiger partial charge >= 0.3 is 0 Å². The van der Waals surface area contributed by atoms with E-state index in [2.05, 4.69) is 42.1 Å². The van der Waals surface area contributed by atoms with Gasteiger partial charge in [0, 0.05) is 42.4 Å². The zero-order valence-corrected chi connectivity index (χ0v) is 32.6. The Labute approximate surface area is 318 Å². The Bertz CT molecular complexity index is 1950. The molecule has 2 unspecified atom stereocenters. The van der Waals surface area contributed by atoms with Crippen LogP contribution in [0.3, 0.4) is 0 Å². The number of hydrogen-bond acceptors (Lipinski definition) is 10. The minimum absolute atomic E-state index is 0. The molecule has 2 aliphatic heterocycles. The topological polar surface area (TPSA) is 91.3 Å². The molecule has 280 valence electrons. The van der Waals surface area contributed by atoms with Gasteiger partial charge in [-0.05, 0) is 110 Å². The maximum atomic E-state index is 11.5. The smallest absolute Gasteiger partial charge is 0.169 e. The first-order valence-electron chi connectivity index (χ1n) is 16.9. The monoisotopic (exact) mass is 754 g/mol. The summed E-state index contributed by atoms with van der Waals surface area (Å²) in [5.74, 6) is 5.02. The van der Waals surface area contributed by atoms with Crippen LogP contribution in [0.1, 0.15) is 45.5 Å². The Kier molecular flexibility index (Phi) is 11.8. The minimum atomic E-state index is 0. The lowest BCUT2D eigenvalue weighted by Gasteiger charge is -2.40. The van der Waals surface area contributed by atoms with Gasteiger partial charge in [-0.25, -0.2) is 0 Å². The van der Waals surface area contributed by atoms with E-state index in [0.29, 0.717) is 46.7 Å². The molecule has 0 saturated heterocycles. The summed E-state index contributed by atoms with van der Waals surface area (Å²) in [7, 11) is 14.1. The van der Waals surface area contributed by atoms with E-state index in [1.807, 2.05) is 24.3 Å². The SMILES string of the molecule is COc1cc(CC2c3cc(OC)c(OC)cc3CCN2C)c(Oc2cc3c(cc2OC)-c2c(O)c(OC)cc4c2C(C3)N(C)CC4)cc1OC.Cl.Cl. The van der Waals surface area contributed by atoms with Gasteiger partial charge in [0.15, 0.2) is 46.0 Å². The molecule has 3 aliphatic rings. The van der Waals surface area contributed by atoms with E-state index >= 15 is 0 Å². The lowest BCUT2D eigenvalue weighted by molar-refractivity contribution is 0.226. The second kappa shape index (κ2) is 15.8. The summed E-state index contributed by atoms with van der Waals surface area (Å²) in [4.78, 5) is 4.72. The van der Waals surface area contributed by atoms with Gasteiger partial charge in [0.05, 0.1) is 42.7 Å². The van der Waals surface area contributed by atoms with Crippen molar-refractivity contribution in [2.45, 2.75) is 37.8 Å². The van der Waals surface area contributed by atoms with Crippen molar-refractivity contribution in [1.29, 1.82) is 0 Å². The van der Waals surface area contributed by atoms with Gasteiger partial charge in [-0.15, -0.1) is 24.8 Å². The molecular weight excluding hydrogens is 707 g/mol. The second-order valence-corrected chi connectivity index (χ2v) is 13.3. The molecule has 10 nitrogen and oxygen atoms in total. The van der Waals surface area contributed by atoms with Crippen LogP contribution in [0.15, 0.2) is 42.5 Å². The second-order valence-electron chi connectivity index (χ2n) is 13.3. The maximum Gasteiger partial charge on any atom is 0.169 e. The molecule has 7 rings (SSSR count). The van der Waals surface area contributed by atoms with E-state index in [1.54, 1.807) is 42.7 Å². The third-order valence-electron chi connectivity index (χ3n) is 10.8. The van der Waals surface area contributed by atoms with Crippen LogP contribution in [-0.4, -0.2) is 84.7 Å². The summed E-state index contributed by atoms with van der Waals surface area (Å²) in [6.45, 7) is 1.82. The minimum Gasteiger partial charge on any atom is -0.504 e. The Balaban J connectivity index is 0.00000261. The van der Waals surface area contributed by atoms with Gasteiger partial charge in [0.25, 0.3) is 0 Å². The predicted molar refractivity (Wildman–Crippen MR) is 206 cm³/mol. The predicted octanol–water partition coefficient (Wildman–Crippen LogP) is 7.60. The highest BCUT2D eigenvalue weighted by molar-refractivity contribution is 5.86. The van der Waals surface area contributed by atoms with E-state index < -0.39 is 0 Å². The molecule has 4 aromatic rings. The molecule has 0 spiro atoms. The summed E-state index contributed by atoms with van der Waals surface area (Å²) in [5, 5.41) is 11.5. The largest absolute Gasteiger partial charge is 0.504 e. The summed E-state index contributed by atoms with van der Waals surface area (Å²) < 4.78 is 41.3. The van der Waals surface area contributed by atoms with Crippen LogP contribution in [0, 0.1) is 0 Å². The molecular formula is C40H48Cl2N2O8. The first-order valence-corrected chi connectivity index (χ1v) is 16.9. The third kappa shape index (κ3) is 6.62. The van der Waals surface area contributed by atoms with Gasteiger partial charge in [-0.3, -0.25) is 9.80 Å².